The van der Waals surface area contributed by atoms with E-state index in [2.05, 4.69) is 15.9 Å². The number of likely N-dealkylation sites (tertiary alicyclic amines) is 1. The summed E-state index contributed by atoms with van der Waals surface area (Å²) in [5, 5.41) is 0. The van der Waals surface area contributed by atoms with Crippen molar-refractivity contribution in [3.63, 3.8) is 0 Å². The molecule has 0 unspecified atom stereocenters. The van der Waals surface area contributed by atoms with Gasteiger partial charge in [-0.05, 0) is 37.8 Å². The Morgan fingerprint density at radius 3 is 2.46 bits per heavy atom. The zero-order chi connectivity index (χ0) is 19.7. The van der Waals surface area contributed by atoms with Crippen molar-refractivity contribution in [2.24, 2.45) is 11.1 Å². The number of piperazine rings is 1. The van der Waals surface area contributed by atoms with Crippen molar-refractivity contribution in [1.82, 2.24) is 9.80 Å². The Bertz CT molecular complexity index is 741. The lowest BCUT2D eigenvalue weighted by atomic mass is 9.98. The number of piperidine rings is 1. The lowest BCUT2D eigenvalue weighted by Gasteiger charge is -2.44. The van der Waals surface area contributed by atoms with E-state index in [1.807, 2.05) is 23.1 Å². The van der Waals surface area contributed by atoms with Crippen LogP contribution in [-0.4, -0.2) is 74.0 Å². The maximum absolute atomic E-state index is 12.8. The fourth-order valence-corrected chi connectivity index (χ4v) is 4.65. The van der Waals surface area contributed by atoms with Crippen LogP contribution in [0.25, 0.3) is 0 Å². The monoisotopic (exact) mass is 386 g/mol. The van der Waals surface area contributed by atoms with Crippen LogP contribution in [0, 0.1) is 5.41 Å². The van der Waals surface area contributed by atoms with Crippen LogP contribution in [0.15, 0.2) is 24.3 Å². The van der Waals surface area contributed by atoms with Gasteiger partial charge in [0, 0.05) is 45.3 Å². The first-order chi connectivity index (χ1) is 13.5. The summed E-state index contributed by atoms with van der Waals surface area (Å²) in [4.78, 5) is 31.3. The number of anilines is 1. The summed E-state index contributed by atoms with van der Waals surface area (Å²) in [7, 11) is 1.71. The topological polar surface area (TPSA) is 79.1 Å². The second kappa shape index (κ2) is 7.62. The van der Waals surface area contributed by atoms with E-state index in [4.69, 9.17) is 10.5 Å². The molecule has 28 heavy (non-hydrogen) atoms. The number of carbonyl (C=O) groups excluding carboxylic acids is 2. The Labute approximate surface area is 166 Å². The van der Waals surface area contributed by atoms with E-state index in [-0.39, 0.29) is 5.91 Å². The van der Waals surface area contributed by atoms with Crippen LogP contribution in [0.4, 0.5) is 5.69 Å². The van der Waals surface area contributed by atoms with Crippen LogP contribution in [0.1, 0.15) is 25.7 Å². The number of ether oxygens (including phenoxy) is 1. The van der Waals surface area contributed by atoms with Crippen LogP contribution in [0.3, 0.4) is 0 Å². The van der Waals surface area contributed by atoms with Crippen LogP contribution in [0.5, 0.6) is 5.75 Å². The molecule has 152 valence electrons. The fraction of sp³-hybridized carbons (Fsp3) is 0.619. The van der Waals surface area contributed by atoms with Crippen LogP contribution in [-0.2, 0) is 9.59 Å². The Kier molecular flexibility index (Phi) is 5.19. The number of benzene rings is 1. The molecule has 0 aromatic heterocycles. The van der Waals surface area contributed by atoms with E-state index < -0.39 is 11.3 Å². The molecule has 7 heteroatoms. The third-order valence-corrected chi connectivity index (χ3v) is 6.57. The van der Waals surface area contributed by atoms with E-state index >= 15 is 0 Å². The van der Waals surface area contributed by atoms with Crippen molar-refractivity contribution in [2.45, 2.75) is 31.7 Å². The SMILES string of the molecule is COc1ccccc1N1CCN([C@H]2CCCN(C(=O)C3(C(N)=O)CC3)C2)CC1. The van der Waals surface area contributed by atoms with Gasteiger partial charge in [0.1, 0.15) is 11.2 Å². The smallest absolute Gasteiger partial charge is 0.238 e. The normalized spacial score (nSPS) is 24.7. The Balaban J connectivity index is 1.36. The molecule has 3 fully saturated rings. The second-order valence-corrected chi connectivity index (χ2v) is 8.19. The standard InChI is InChI=1S/C21H30N4O3/c1-28-18-7-3-2-6-17(18)24-13-11-23(12-14-24)16-5-4-10-25(15-16)20(27)21(8-9-21)19(22)26/h2-3,6-7,16H,4-5,8-15H2,1H3,(H2,22,26)/t16-/m0/s1. The molecular formula is C21H30N4O3. The number of amides is 2. The highest BCUT2D eigenvalue weighted by Crippen LogP contribution is 2.47. The second-order valence-electron chi connectivity index (χ2n) is 8.19. The summed E-state index contributed by atoms with van der Waals surface area (Å²) < 4.78 is 5.50. The third-order valence-electron chi connectivity index (χ3n) is 6.57. The van der Waals surface area contributed by atoms with Gasteiger partial charge in [-0.2, -0.15) is 0 Å². The lowest BCUT2D eigenvalue weighted by Crippen LogP contribution is -2.57. The molecule has 4 rings (SSSR count). The number of hydrogen-bond donors (Lipinski definition) is 1. The van der Waals surface area contributed by atoms with E-state index in [1.54, 1.807) is 7.11 Å². The molecule has 2 N–H and O–H groups in total. The van der Waals surface area contributed by atoms with Crippen molar-refractivity contribution in [3.8, 4) is 5.75 Å². The van der Waals surface area contributed by atoms with E-state index in [1.165, 1.54) is 0 Å². The minimum atomic E-state index is -0.898. The molecule has 1 aliphatic carbocycles. The molecule has 0 radical (unpaired) electrons. The van der Waals surface area contributed by atoms with Gasteiger partial charge in [0.2, 0.25) is 11.8 Å². The molecule has 1 aromatic carbocycles. The van der Waals surface area contributed by atoms with Gasteiger partial charge >= 0.3 is 0 Å². The van der Waals surface area contributed by atoms with Crippen LogP contribution >= 0.6 is 0 Å². The van der Waals surface area contributed by atoms with Gasteiger partial charge in [-0.1, -0.05) is 12.1 Å². The molecule has 0 bridgehead atoms. The van der Waals surface area contributed by atoms with Gasteiger partial charge in [0.15, 0.2) is 0 Å². The van der Waals surface area contributed by atoms with Gasteiger partial charge in [-0.25, -0.2) is 0 Å². The number of carbonyl (C=O) groups is 2. The zero-order valence-corrected chi connectivity index (χ0v) is 16.6. The van der Waals surface area contributed by atoms with E-state index in [0.29, 0.717) is 25.4 Å². The largest absolute Gasteiger partial charge is 0.495 e. The van der Waals surface area contributed by atoms with E-state index in [9.17, 15) is 9.59 Å². The summed E-state index contributed by atoms with van der Waals surface area (Å²) in [5.74, 6) is 0.411. The van der Waals surface area contributed by atoms with Gasteiger partial charge in [0.25, 0.3) is 0 Å². The lowest BCUT2D eigenvalue weighted by molar-refractivity contribution is -0.144. The van der Waals surface area contributed by atoms with E-state index in [0.717, 1.165) is 57.0 Å². The quantitative estimate of drug-likeness (QED) is 0.766. The summed E-state index contributed by atoms with van der Waals surface area (Å²) in [6, 6.07) is 8.50. The molecule has 2 amide bonds. The van der Waals surface area contributed by atoms with Crippen molar-refractivity contribution in [2.75, 3.05) is 51.3 Å². The Hall–Kier alpha value is -2.28. The highest BCUT2D eigenvalue weighted by atomic mass is 16.5. The molecule has 2 heterocycles. The van der Waals surface area contributed by atoms with Crippen molar-refractivity contribution in [3.05, 3.63) is 24.3 Å². The number of primary amides is 1. The van der Waals surface area contributed by atoms with Gasteiger partial charge in [-0.3, -0.25) is 14.5 Å². The van der Waals surface area contributed by atoms with Crippen LogP contribution in [0.2, 0.25) is 0 Å². The molecule has 1 saturated carbocycles. The number of hydrogen-bond acceptors (Lipinski definition) is 5. The Morgan fingerprint density at radius 2 is 1.82 bits per heavy atom. The average molecular weight is 386 g/mol. The molecular weight excluding hydrogens is 356 g/mol. The minimum absolute atomic E-state index is 0.0441. The van der Waals surface area contributed by atoms with Gasteiger partial charge in [0.05, 0.1) is 12.8 Å². The molecule has 7 nitrogen and oxygen atoms in total. The van der Waals surface area contributed by atoms with Gasteiger partial charge < -0.3 is 20.3 Å². The maximum Gasteiger partial charge on any atom is 0.238 e. The number of nitrogens with zero attached hydrogens (tertiary/aromatic N) is 3. The highest BCUT2D eigenvalue weighted by molar-refractivity contribution is 6.07. The molecule has 1 atom stereocenters. The first-order valence-electron chi connectivity index (χ1n) is 10.3. The predicted octanol–water partition coefficient (Wildman–Crippen LogP) is 1.07. The third kappa shape index (κ3) is 3.43. The zero-order valence-electron chi connectivity index (χ0n) is 16.6. The van der Waals surface area contributed by atoms with Crippen molar-refractivity contribution >= 4 is 17.5 Å². The molecule has 0 spiro atoms. The number of nitrogens with two attached hydrogens (primary N) is 1. The molecule has 3 aliphatic rings. The highest BCUT2D eigenvalue weighted by Gasteiger charge is 2.57. The summed E-state index contributed by atoms with van der Waals surface area (Å²) in [5.41, 5.74) is 5.74. The number of para-hydroxylation sites is 2. The summed E-state index contributed by atoms with van der Waals surface area (Å²) in [6.45, 7) is 5.26. The summed E-state index contributed by atoms with van der Waals surface area (Å²) >= 11 is 0. The number of rotatable bonds is 5. The number of methoxy groups -OCH3 is 1. The molecule has 1 aromatic rings. The first-order valence-corrected chi connectivity index (χ1v) is 10.3. The molecule has 2 saturated heterocycles. The Morgan fingerprint density at radius 1 is 1.11 bits per heavy atom. The first kappa shape index (κ1) is 19.1. The van der Waals surface area contributed by atoms with Crippen molar-refractivity contribution in [1.29, 1.82) is 0 Å². The molecule has 2 aliphatic heterocycles. The summed E-state index contributed by atoms with van der Waals surface area (Å²) in [6.07, 6.45) is 3.31. The van der Waals surface area contributed by atoms with Gasteiger partial charge in [-0.15, -0.1) is 0 Å². The fourth-order valence-electron chi connectivity index (χ4n) is 4.65. The average Bonchev–Trinajstić information content (AvgIpc) is 3.56. The maximum atomic E-state index is 12.8. The van der Waals surface area contributed by atoms with Crippen LogP contribution < -0.4 is 15.4 Å². The van der Waals surface area contributed by atoms with Crippen molar-refractivity contribution < 1.29 is 14.3 Å². The predicted molar refractivity (Wildman–Crippen MR) is 107 cm³/mol. The minimum Gasteiger partial charge on any atom is -0.495 e.